The Bertz CT molecular complexity index is 979. The Hall–Kier alpha value is -2.77. The summed E-state index contributed by atoms with van der Waals surface area (Å²) in [5.41, 5.74) is -0.436. The average Bonchev–Trinajstić information content (AvgIpc) is 3.21. The molecule has 0 radical (unpaired) electrons. The van der Waals surface area contributed by atoms with Crippen LogP contribution in [0.5, 0.6) is 11.5 Å². The molecule has 158 valence electrons. The Morgan fingerprint density at radius 2 is 1.93 bits per heavy atom. The minimum atomic E-state index is -3.90. The van der Waals surface area contributed by atoms with Crippen LogP contribution >= 0.6 is 11.3 Å². The Morgan fingerprint density at radius 3 is 2.48 bits per heavy atom. The number of anilines is 1. The number of hydrogen-bond donors (Lipinski definition) is 2. The first-order valence-electron chi connectivity index (χ1n) is 7.76. The number of halogens is 2. The lowest BCUT2D eigenvalue weighted by Gasteiger charge is -2.15. The number of hydrogen-bond acceptors (Lipinski definition) is 8. The Morgan fingerprint density at radius 1 is 1.21 bits per heavy atom. The molecule has 0 atom stereocenters. The van der Waals surface area contributed by atoms with Crippen molar-refractivity contribution in [3.63, 3.8) is 0 Å². The van der Waals surface area contributed by atoms with Crippen molar-refractivity contribution in [2.45, 2.75) is 10.8 Å². The van der Waals surface area contributed by atoms with Gasteiger partial charge in [0.1, 0.15) is 4.21 Å². The second-order valence-corrected chi connectivity index (χ2v) is 8.17. The smallest absolute Gasteiger partial charge is 0.387 e. The second-order valence-electron chi connectivity index (χ2n) is 5.22. The highest BCUT2D eigenvalue weighted by atomic mass is 32.2. The number of esters is 1. The molecule has 0 bridgehead atoms. The molecule has 29 heavy (non-hydrogen) atoms. The van der Waals surface area contributed by atoms with E-state index in [1.165, 1.54) is 19.2 Å². The van der Waals surface area contributed by atoms with Gasteiger partial charge in [-0.05, 0) is 11.4 Å². The summed E-state index contributed by atoms with van der Waals surface area (Å²) < 4.78 is 65.3. The van der Waals surface area contributed by atoms with Gasteiger partial charge in [-0.1, -0.05) is 6.07 Å². The number of carbonyl (C=O) groups is 2. The number of amides is 1. The van der Waals surface area contributed by atoms with Crippen LogP contribution in [0.3, 0.4) is 0 Å². The molecule has 0 saturated heterocycles. The Kier molecular flexibility index (Phi) is 7.47. The van der Waals surface area contributed by atoms with Crippen LogP contribution in [0, 0.1) is 0 Å². The van der Waals surface area contributed by atoms with Crippen LogP contribution in [0.25, 0.3) is 0 Å². The van der Waals surface area contributed by atoms with Gasteiger partial charge in [0.2, 0.25) is 5.91 Å². The minimum absolute atomic E-state index is 0.0117. The molecule has 2 rings (SSSR count). The number of rotatable bonds is 9. The van der Waals surface area contributed by atoms with Gasteiger partial charge >= 0.3 is 12.6 Å². The highest BCUT2D eigenvalue weighted by Crippen LogP contribution is 2.35. The topological polar surface area (TPSA) is 120 Å². The van der Waals surface area contributed by atoms with Crippen LogP contribution in [0.4, 0.5) is 14.5 Å². The number of thiophene rings is 1. The van der Waals surface area contributed by atoms with E-state index in [1.54, 1.807) is 5.38 Å². The predicted molar refractivity (Wildman–Crippen MR) is 99.1 cm³/mol. The van der Waals surface area contributed by atoms with Gasteiger partial charge in [0.05, 0.1) is 32.0 Å². The van der Waals surface area contributed by atoms with Crippen LogP contribution in [-0.2, 0) is 19.6 Å². The molecule has 9 nitrogen and oxygen atoms in total. The van der Waals surface area contributed by atoms with Crippen LogP contribution in [0.1, 0.15) is 10.4 Å². The number of alkyl halides is 2. The molecule has 2 aromatic rings. The zero-order valence-corrected chi connectivity index (χ0v) is 16.7. The second kappa shape index (κ2) is 9.62. The Labute approximate surface area is 168 Å². The lowest BCUT2D eigenvalue weighted by atomic mass is 10.1. The van der Waals surface area contributed by atoms with Crippen molar-refractivity contribution in [3.05, 3.63) is 35.2 Å². The van der Waals surface area contributed by atoms with E-state index in [-0.39, 0.29) is 21.2 Å². The number of sulfonamides is 1. The van der Waals surface area contributed by atoms with Gasteiger partial charge in [-0.25, -0.2) is 17.9 Å². The van der Waals surface area contributed by atoms with Gasteiger partial charge in [-0.3, -0.25) is 4.79 Å². The van der Waals surface area contributed by atoms with Crippen molar-refractivity contribution in [1.29, 1.82) is 0 Å². The number of methoxy groups -OCH3 is 2. The molecule has 0 aliphatic carbocycles. The monoisotopic (exact) mass is 450 g/mol. The first-order valence-corrected chi connectivity index (χ1v) is 10.1. The molecule has 0 aliphatic heterocycles. The minimum Gasteiger partial charge on any atom is -0.493 e. The van der Waals surface area contributed by atoms with Gasteiger partial charge in [0.25, 0.3) is 10.0 Å². The number of nitrogens with one attached hydrogen (secondary N) is 2. The third kappa shape index (κ3) is 5.85. The quantitative estimate of drug-likeness (QED) is 0.561. The first kappa shape index (κ1) is 22.5. The normalized spacial score (nSPS) is 11.2. The van der Waals surface area contributed by atoms with Gasteiger partial charge in [-0.2, -0.15) is 8.78 Å². The fourth-order valence-electron chi connectivity index (χ4n) is 2.13. The molecular formula is C16H16F2N2O7S2. The first-order chi connectivity index (χ1) is 13.7. The lowest BCUT2D eigenvalue weighted by Crippen LogP contribution is -2.33. The zero-order valence-electron chi connectivity index (χ0n) is 15.1. The van der Waals surface area contributed by atoms with Crippen LogP contribution in [-0.4, -0.2) is 47.7 Å². The largest absolute Gasteiger partial charge is 0.493 e. The van der Waals surface area contributed by atoms with Crippen molar-refractivity contribution >= 4 is 38.9 Å². The van der Waals surface area contributed by atoms with Crippen LogP contribution in [0.15, 0.2) is 33.9 Å². The van der Waals surface area contributed by atoms with Crippen LogP contribution < -0.4 is 19.5 Å². The van der Waals surface area contributed by atoms with E-state index in [9.17, 15) is 26.8 Å². The van der Waals surface area contributed by atoms with Crippen molar-refractivity contribution in [2.24, 2.45) is 0 Å². The lowest BCUT2D eigenvalue weighted by molar-refractivity contribution is -0.115. The number of carbonyl (C=O) groups excluding carboxylic acids is 2. The molecule has 0 saturated carbocycles. The third-order valence-electron chi connectivity index (χ3n) is 3.38. The van der Waals surface area contributed by atoms with E-state index in [4.69, 9.17) is 4.74 Å². The molecule has 1 amide bonds. The number of ether oxygens (including phenoxy) is 3. The van der Waals surface area contributed by atoms with E-state index >= 15 is 0 Å². The summed E-state index contributed by atoms with van der Waals surface area (Å²) in [6.07, 6.45) is 0. The predicted octanol–water partition coefficient (Wildman–Crippen LogP) is 2.06. The highest BCUT2D eigenvalue weighted by molar-refractivity contribution is 7.91. The molecular weight excluding hydrogens is 434 g/mol. The molecule has 1 aromatic carbocycles. The molecule has 0 fully saturated rings. The maximum Gasteiger partial charge on any atom is 0.387 e. The molecule has 0 spiro atoms. The maximum absolute atomic E-state index is 12.6. The van der Waals surface area contributed by atoms with Gasteiger partial charge in [0.15, 0.2) is 11.5 Å². The van der Waals surface area contributed by atoms with Crippen molar-refractivity contribution in [3.8, 4) is 11.5 Å². The average molecular weight is 450 g/mol. The van der Waals surface area contributed by atoms with Gasteiger partial charge in [0, 0.05) is 12.1 Å². The molecule has 13 heteroatoms. The molecule has 0 aliphatic rings. The van der Waals surface area contributed by atoms with Gasteiger partial charge in [-0.15, -0.1) is 11.3 Å². The highest BCUT2D eigenvalue weighted by Gasteiger charge is 2.22. The molecule has 2 N–H and O–H groups in total. The number of benzene rings is 1. The fraction of sp³-hybridized carbons (Fsp3) is 0.250. The maximum atomic E-state index is 12.6. The summed E-state index contributed by atoms with van der Waals surface area (Å²) in [5.74, 6) is -2.38. The van der Waals surface area contributed by atoms with Crippen molar-refractivity contribution in [1.82, 2.24) is 4.72 Å². The summed E-state index contributed by atoms with van der Waals surface area (Å²) in [6.45, 7) is -3.85. The van der Waals surface area contributed by atoms with E-state index in [0.717, 1.165) is 30.6 Å². The van der Waals surface area contributed by atoms with Crippen molar-refractivity contribution in [2.75, 3.05) is 26.1 Å². The summed E-state index contributed by atoms with van der Waals surface area (Å²) in [5, 5.41) is 3.82. The molecule has 1 aromatic heterocycles. The summed E-state index contributed by atoms with van der Waals surface area (Å²) in [6, 6.07) is 4.89. The standard InChI is InChI=1S/C16H16F2N2O7S2/c1-25-11-6-9(15(22)26-2)10(7-12(11)27-16(17)18)20-13(21)8-19-29(23,24)14-4-3-5-28-14/h3-7,16,19H,8H2,1-2H3,(H,20,21). The van der Waals surface area contributed by atoms with Crippen LogP contribution in [0.2, 0.25) is 0 Å². The van der Waals surface area contributed by atoms with E-state index in [1.807, 2.05) is 0 Å². The summed E-state index contributed by atoms with van der Waals surface area (Å²) in [4.78, 5) is 24.1. The SMILES string of the molecule is COC(=O)c1cc(OC)c(OC(F)F)cc1NC(=O)CNS(=O)(=O)c1cccs1. The molecule has 0 unspecified atom stereocenters. The zero-order chi connectivity index (χ0) is 21.6. The van der Waals surface area contributed by atoms with Crippen molar-refractivity contribution < 1.29 is 41.0 Å². The van der Waals surface area contributed by atoms with E-state index in [2.05, 4.69) is 19.5 Å². The molecule has 1 heterocycles. The third-order valence-corrected chi connectivity index (χ3v) is 6.18. The Balaban J connectivity index is 2.24. The fourth-order valence-corrected chi connectivity index (χ4v) is 4.15. The summed E-state index contributed by atoms with van der Waals surface area (Å²) in [7, 11) is -1.64. The van der Waals surface area contributed by atoms with E-state index < -0.39 is 40.8 Å². The van der Waals surface area contributed by atoms with Gasteiger partial charge < -0.3 is 19.5 Å². The summed E-state index contributed by atoms with van der Waals surface area (Å²) >= 11 is 0.962. The van der Waals surface area contributed by atoms with E-state index in [0.29, 0.717) is 0 Å².